The summed E-state index contributed by atoms with van der Waals surface area (Å²) in [7, 11) is 0. The van der Waals surface area contributed by atoms with Crippen LogP contribution in [0.2, 0.25) is 0 Å². The highest BCUT2D eigenvalue weighted by Crippen LogP contribution is 2.25. The van der Waals surface area contributed by atoms with E-state index in [1.54, 1.807) is 11.3 Å². The minimum absolute atomic E-state index is 0.770. The third-order valence-electron chi connectivity index (χ3n) is 3.16. The number of hydrogen-bond acceptors (Lipinski definition) is 3. The van der Waals surface area contributed by atoms with E-state index >= 15 is 0 Å². The molecule has 0 aliphatic carbocycles. The fourth-order valence-electron chi connectivity index (χ4n) is 2.14. The molecule has 0 radical (unpaired) electrons. The molecule has 3 heteroatoms. The molecule has 2 nitrogen and oxygen atoms in total. The number of rotatable bonds is 5. The highest BCUT2D eigenvalue weighted by molar-refractivity contribution is 7.10. The number of furan rings is 1. The molecule has 0 saturated heterocycles. The van der Waals surface area contributed by atoms with Crippen LogP contribution >= 0.6 is 11.3 Å². The molecule has 2 aromatic heterocycles. The monoisotopic (exact) mass is 283 g/mol. The zero-order valence-corrected chi connectivity index (χ0v) is 12.2. The fraction of sp³-hybridized carbons (Fsp3) is 0.176. The first-order valence-electron chi connectivity index (χ1n) is 6.70. The van der Waals surface area contributed by atoms with E-state index in [4.69, 9.17) is 4.42 Å². The van der Waals surface area contributed by atoms with Gasteiger partial charge in [0, 0.05) is 11.4 Å². The Kier molecular flexibility index (Phi) is 4.00. The van der Waals surface area contributed by atoms with Gasteiger partial charge in [-0.2, -0.15) is 0 Å². The van der Waals surface area contributed by atoms with Crippen molar-refractivity contribution in [2.75, 3.05) is 0 Å². The Bertz CT molecular complexity index is 669. The largest absolute Gasteiger partial charge is 0.465 e. The van der Waals surface area contributed by atoms with Gasteiger partial charge in [-0.05, 0) is 41.6 Å². The zero-order valence-electron chi connectivity index (χ0n) is 11.4. The van der Waals surface area contributed by atoms with Crippen molar-refractivity contribution >= 4 is 11.3 Å². The van der Waals surface area contributed by atoms with Crippen molar-refractivity contribution < 1.29 is 4.42 Å². The number of benzene rings is 1. The minimum Gasteiger partial charge on any atom is -0.465 e. The van der Waals surface area contributed by atoms with Crippen molar-refractivity contribution in [2.24, 2.45) is 0 Å². The topological polar surface area (TPSA) is 25.2 Å². The summed E-state index contributed by atoms with van der Waals surface area (Å²) < 4.78 is 5.54. The van der Waals surface area contributed by atoms with Crippen LogP contribution in [0.5, 0.6) is 0 Å². The van der Waals surface area contributed by atoms with Crippen molar-refractivity contribution in [3.8, 4) is 11.1 Å². The van der Waals surface area contributed by atoms with Crippen molar-refractivity contribution in [3.05, 3.63) is 70.3 Å². The molecule has 0 saturated carbocycles. The SMILES string of the molecule is Cc1ccc(CNCc2cc(-c3ccccc3)cs2)o1. The van der Waals surface area contributed by atoms with Crippen molar-refractivity contribution in [3.63, 3.8) is 0 Å². The van der Waals surface area contributed by atoms with E-state index in [9.17, 15) is 0 Å². The number of thiophene rings is 1. The predicted molar refractivity (Wildman–Crippen MR) is 83.7 cm³/mol. The van der Waals surface area contributed by atoms with Gasteiger partial charge in [-0.3, -0.25) is 0 Å². The molecule has 1 N–H and O–H groups in total. The molecule has 3 aromatic rings. The summed E-state index contributed by atoms with van der Waals surface area (Å²) in [6.07, 6.45) is 0. The molecule has 0 amide bonds. The second-order valence-corrected chi connectivity index (χ2v) is 5.78. The molecule has 3 rings (SSSR count). The van der Waals surface area contributed by atoms with E-state index < -0.39 is 0 Å². The lowest BCUT2D eigenvalue weighted by Gasteiger charge is -2.00. The smallest absolute Gasteiger partial charge is 0.117 e. The summed E-state index contributed by atoms with van der Waals surface area (Å²) in [6, 6.07) is 16.7. The molecule has 0 fully saturated rings. The van der Waals surface area contributed by atoms with Crippen LogP contribution in [0.15, 0.2) is 58.3 Å². The summed E-state index contributed by atoms with van der Waals surface area (Å²) in [4.78, 5) is 1.34. The summed E-state index contributed by atoms with van der Waals surface area (Å²) in [5.41, 5.74) is 2.57. The number of nitrogens with one attached hydrogen (secondary N) is 1. The van der Waals surface area contributed by atoms with Gasteiger partial charge in [0.05, 0.1) is 6.54 Å². The lowest BCUT2D eigenvalue weighted by atomic mass is 10.1. The molecule has 1 aromatic carbocycles. The van der Waals surface area contributed by atoms with E-state index in [-0.39, 0.29) is 0 Å². The Hall–Kier alpha value is -1.84. The predicted octanol–water partition coefficient (Wildman–Crippen LogP) is 4.61. The number of hydrogen-bond donors (Lipinski definition) is 1. The lowest BCUT2D eigenvalue weighted by Crippen LogP contribution is -2.10. The van der Waals surface area contributed by atoms with E-state index in [0.717, 1.165) is 24.6 Å². The second kappa shape index (κ2) is 6.07. The molecule has 0 atom stereocenters. The minimum atomic E-state index is 0.770. The third-order valence-corrected chi connectivity index (χ3v) is 4.09. The van der Waals surface area contributed by atoms with Gasteiger partial charge in [0.25, 0.3) is 0 Å². The summed E-state index contributed by atoms with van der Waals surface area (Å²) in [5, 5.41) is 5.62. The van der Waals surface area contributed by atoms with Gasteiger partial charge in [-0.25, -0.2) is 0 Å². The van der Waals surface area contributed by atoms with E-state index in [0.29, 0.717) is 0 Å². The zero-order chi connectivity index (χ0) is 13.8. The average molecular weight is 283 g/mol. The van der Waals surface area contributed by atoms with Crippen LogP contribution in [0.25, 0.3) is 11.1 Å². The summed E-state index contributed by atoms with van der Waals surface area (Å²) in [6.45, 7) is 3.61. The fourth-order valence-corrected chi connectivity index (χ4v) is 3.01. The Labute approximate surface area is 123 Å². The molecule has 0 aliphatic rings. The summed E-state index contributed by atoms with van der Waals surface area (Å²) >= 11 is 1.79. The van der Waals surface area contributed by atoms with Gasteiger partial charge in [0.1, 0.15) is 11.5 Å². The van der Waals surface area contributed by atoms with Gasteiger partial charge in [-0.1, -0.05) is 30.3 Å². The van der Waals surface area contributed by atoms with Gasteiger partial charge >= 0.3 is 0 Å². The highest BCUT2D eigenvalue weighted by Gasteiger charge is 2.03. The molecule has 2 heterocycles. The van der Waals surface area contributed by atoms with Gasteiger partial charge in [-0.15, -0.1) is 11.3 Å². The Balaban J connectivity index is 1.58. The Morgan fingerprint density at radius 2 is 1.85 bits per heavy atom. The second-order valence-electron chi connectivity index (χ2n) is 4.78. The lowest BCUT2D eigenvalue weighted by molar-refractivity contribution is 0.462. The molecule has 102 valence electrons. The maximum absolute atomic E-state index is 5.54. The molecule has 0 aliphatic heterocycles. The highest BCUT2D eigenvalue weighted by atomic mass is 32.1. The Morgan fingerprint density at radius 1 is 1.00 bits per heavy atom. The molecule has 0 spiro atoms. The van der Waals surface area contributed by atoms with Crippen molar-refractivity contribution in [1.29, 1.82) is 0 Å². The first kappa shape index (κ1) is 13.2. The summed E-state index contributed by atoms with van der Waals surface area (Å²) in [5.74, 6) is 1.95. The quantitative estimate of drug-likeness (QED) is 0.740. The van der Waals surface area contributed by atoms with Crippen LogP contribution < -0.4 is 5.32 Å². The van der Waals surface area contributed by atoms with E-state index in [2.05, 4.69) is 41.0 Å². The van der Waals surface area contributed by atoms with Crippen LogP contribution in [-0.4, -0.2) is 0 Å². The molecule has 0 unspecified atom stereocenters. The number of aryl methyl sites for hydroxylation is 1. The first-order valence-corrected chi connectivity index (χ1v) is 7.58. The van der Waals surface area contributed by atoms with Crippen molar-refractivity contribution in [2.45, 2.75) is 20.0 Å². The average Bonchev–Trinajstić information content (AvgIpc) is 3.09. The van der Waals surface area contributed by atoms with Crippen LogP contribution in [0.3, 0.4) is 0 Å². The van der Waals surface area contributed by atoms with Crippen LogP contribution in [0, 0.1) is 6.92 Å². The molecule has 0 bridgehead atoms. The van der Waals surface area contributed by atoms with E-state index in [1.165, 1.54) is 16.0 Å². The molecular weight excluding hydrogens is 266 g/mol. The van der Waals surface area contributed by atoms with Crippen LogP contribution in [0.4, 0.5) is 0 Å². The van der Waals surface area contributed by atoms with Crippen molar-refractivity contribution in [1.82, 2.24) is 5.32 Å². The molecular formula is C17H17NOS. The van der Waals surface area contributed by atoms with Gasteiger partial charge in [0.2, 0.25) is 0 Å². The molecule has 20 heavy (non-hydrogen) atoms. The third kappa shape index (κ3) is 3.18. The normalized spacial score (nSPS) is 10.8. The Morgan fingerprint density at radius 3 is 2.60 bits per heavy atom. The van der Waals surface area contributed by atoms with E-state index in [1.807, 2.05) is 25.1 Å². The van der Waals surface area contributed by atoms with Gasteiger partial charge in [0.15, 0.2) is 0 Å². The van der Waals surface area contributed by atoms with Crippen LogP contribution in [-0.2, 0) is 13.1 Å². The maximum atomic E-state index is 5.54. The van der Waals surface area contributed by atoms with Gasteiger partial charge < -0.3 is 9.73 Å². The van der Waals surface area contributed by atoms with Crippen LogP contribution in [0.1, 0.15) is 16.4 Å². The standard InChI is InChI=1S/C17H17NOS/c1-13-7-8-16(19-13)10-18-11-17-9-15(12-20-17)14-5-3-2-4-6-14/h2-9,12,18H,10-11H2,1H3. The maximum Gasteiger partial charge on any atom is 0.117 e. The first-order chi connectivity index (χ1) is 9.81.